The molecule has 2 aliphatic heterocycles. The van der Waals surface area contributed by atoms with Crippen LogP contribution in [0.3, 0.4) is 0 Å². The van der Waals surface area contributed by atoms with E-state index in [0.29, 0.717) is 18.5 Å². The zero-order valence-corrected chi connectivity index (χ0v) is 15.7. The van der Waals surface area contributed by atoms with Gasteiger partial charge in [0.1, 0.15) is 6.04 Å². The molecule has 0 aromatic heterocycles. The van der Waals surface area contributed by atoms with E-state index in [-0.39, 0.29) is 37.8 Å². The summed E-state index contributed by atoms with van der Waals surface area (Å²) in [7, 11) is 0. The third-order valence-corrected chi connectivity index (χ3v) is 5.08. The highest BCUT2D eigenvalue weighted by Crippen LogP contribution is 2.29. The van der Waals surface area contributed by atoms with Crippen LogP contribution in [0.5, 0.6) is 0 Å². The Balaban J connectivity index is 1.73. The van der Waals surface area contributed by atoms with Gasteiger partial charge in [-0.15, -0.1) is 0 Å². The second-order valence-corrected chi connectivity index (χ2v) is 6.89. The number of imide groups is 1. The van der Waals surface area contributed by atoms with E-state index in [9.17, 15) is 19.2 Å². The van der Waals surface area contributed by atoms with Crippen molar-refractivity contribution in [3.05, 3.63) is 34.9 Å². The van der Waals surface area contributed by atoms with Gasteiger partial charge in [0.2, 0.25) is 5.91 Å². The van der Waals surface area contributed by atoms with Crippen LogP contribution in [0, 0.1) is 0 Å². The van der Waals surface area contributed by atoms with Gasteiger partial charge in [0.05, 0.1) is 0 Å². The Morgan fingerprint density at radius 3 is 2.70 bits per heavy atom. The average Bonchev–Trinajstić information content (AvgIpc) is 2.97. The quantitative estimate of drug-likeness (QED) is 0.563. The Hall–Kier alpha value is -2.70. The van der Waals surface area contributed by atoms with Crippen LogP contribution in [0.15, 0.2) is 18.2 Å². The number of likely N-dealkylation sites (tertiary alicyclic amines) is 1. The summed E-state index contributed by atoms with van der Waals surface area (Å²) >= 11 is 0. The maximum Gasteiger partial charge on any atom is 0.307 e. The number of benzene rings is 1. The second kappa shape index (κ2) is 7.90. The Kier molecular flexibility index (Phi) is 5.58. The van der Waals surface area contributed by atoms with Gasteiger partial charge in [0, 0.05) is 24.9 Å². The zero-order valence-electron chi connectivity index (χ0n) is 15.7. The summed E-state index contributed by atoms with van der Waals surface area (Å²) in [5.74, 6) is -1.49. The summed E-state index contributed by atoms with van der Waals surface area (Å²) < 4.78 is 5.03. The molecule has 3 amide bonds. The van der Waals surface area contributed by atoms with Crippen LogP contribution in [-0.2, 0) is 32.1 Å². The van der Waals surface area contributed by atoms with Gasteiger partial charge in [-0.25, -0.2) is 4.90 Å². The molecule has 3 rings (SSSR count). The van der Waals surface area contributed by atoms with Crippen molar-refractivity contribution in [2.45, 2.75) is 58.5 Å². The van der Waals surface area contributed by atoms with E-state index in [4.69, 9.17) is 4.74 Å². The minimum atomic E-state index is -0.711. The standard InChI is InChI=1S/C20H24N2O5/c1-3-5-18(24)27-12-22-17(23)9-8-16(20(22)26)21-11-14-10-13(4-2)6-7-15(14)19(21)25/h6-7,10,16H,3-5,8-9,11-12H2,1-2H3. The largest absolute Gasteiger partial charge is 0.444 e. The van der Waals surface area contributed by atoms with Crippen LogP contribution in [-0.4, -0.2) is 46.3 Å². The number of piperidine rings is 1. The topological polar surface area (TPSA) is 84.0 Å². The predicted octanol–water partition coefficient (Wildman–Crippen LogP) is 2.02. The maximum atomic E-state index is 12.8. The number of rotatable bonds is 6. The molecule has 0 aliphatic carbocycles. The Morgan fingerprint density at radius 2 is 2.00 bits per heavy atom. The molecule has 144 valence electrons. The number of aryl methyl sites for hydroxylation is 1. The van der Waals surface area contributed by atoms with E-state index in [1.807, 2.05) is 26.0 Å². The van der Waals surface area contributed by atoms with Gasteiger partial charge in [-0.1, -0.05) is 26.0 Å². The van der Waals surface area contributed by atoms with Crippen LogP contribution in [0.2, 0.25) is 0 Å². The third-order valence-electron chi connectivity index (χ3n) is 5.08. The van der Waals surface area contributed by atoms with Gasteiger partial charge < -0.3 is 9.64 Å². The Morgan fingerprint density at radius 1 is 1.22 bits per heavy atom. The van der Waals surface area contributed by atoms with Gasteiger partial charge >= 0.3 is 5.97 Å². The number of amides is 3. The summed E-state index contributed by atoms with van der Waals surface area (Å²) in [6, 6.07) is 5.01. The first-order valence-corrected chi connectivity index (χ1v) is 9.38. The Bertz CT molecular complexity index is 789. The summed E-state index contributed by atoms with van der Waals surface area (Å²) in [6.45, 7) is 3.86. The molecule has 1 atom stereocenters. The number of carbonyl (C=O) groups is 4. The molecule has 7 nitrogen and oxygen atoms in total. The first-order chi connectivity index (χ1) is 13.0. The van der Waals surface area contributed by atoms with Crippen molar-refractivity contribution in [3.8, 4) is 0 Å². The molecule has 0 N–H and O–H groups in total. The van der Waals surface area contributed by atoms with E-state index >= 15 is 0 Å². The summed E-state index contributed by atoms with van der Waals surface area (Å²) in [4.78, 5) is 51.8. The van der Waals surface area contributed by atoms with E-state index in [1.54, 1.807) is 6.07 Å². The molecular weight excluding hydrogens is 348 g/mol. The summed E-state index contributed by atoms with van der Waals surface area (Å²) in [6.07, 6.45) is 2.16. The van der Waals surface area contributed by atoms with Gasteiger partial charge in [-0.3, -0.25) is 19.2 Å². The first-order valence-electron chi connectivity index (χ1n) is 9.38. The van der Waals surface area contributed by atoms with Crippen LogP contribution in [0.4, 0.5) is 0 Å². The molecule has 0 radical (unpaired) electrons. The molecule has 1 fully saturated rings. The van der Waals surface area contributed by atoms with Crippen molar-refractivity contribution in [2.75, 3.05) is 6.73 Å². The average molecular weight is 372 g/mol. The van der Waals surface area contributed by atoms with Crippen molar-refractivity contribution < 1.29 is 23.9 Å². The van der Waals surface area contributed by atoms with Crippen molar-refractivity contribution in [1.82, 2.24) is 9.80 Å². The number of hydrogen-bond acceptors (Lipinski definition) is 5. The van der Waals surface area contributed by atoms with Crippen LogP contribution < -0.4 is 0 Å². The van der Waals surface area contributed by atoms with Gasteiger partial charge in [0.25, 0.3) is 11.8 Å². The van der Waals surface area contributed by atoms with Gasteiger partial charge in [-0.2, -0.15) is 0 Å². The first kappa shape index (κ1) is 19.1. The molecule has 0 bridgehead atoms. The lowest BCUT2D eigenvalue weighted by Gasteiger charge is -2.34. The van der Waals surface area contributed by atoms with Gasteiger partial charge in [-0.05, 0) is 36.5 Å². The summed E-state index contributed by atoms with van der Waals surface area (Å²) in [5, 5.41) is 0. The predicted molar refractivity (Wildman–Crippen MR) is 96.4 cm³/mol. The highest BCUT2D eigenvalue weighted by Gasteiger charge is 2.42. The molecule has 1 unspecified atom stereocenters. The van der Waals surface area contributed by atoms with Crippen LogP contribution in [0.25, 0.3) is 0 Å². The van der Waals surface area contributed by atoms with E-state index < -0.39 is 17.9 Å². The van der Waals surface area contributed by atoms with Gasteiger partial charge in [0.15, 0.2) is 6.73 Å². The molecule has 1 aromatic carbocycles. The van der Waals surface area contributed by atoms with Crippen molar-refractivity contribution >= 4 is 23.7 Å². The monoisotopic (exact) mass is 372 g/mol. The fourth-order valence-corrected chi connectivity index (χ4v) is 3.53. The molecule has 1 saturated heterocycles. The fraction of sp³-hybridized carbons (Fsp3) is 0.500. The minimum Gasteiger partial charge on any atom is -0.444 e. The highest BCUT2D eigenvalue weighted by atomic mass is 16.5. The number of fused-ring (bicyclic) bond motifs is 1. The third kappa shape index (κ3) is 3.72. The SMILES string of the molecule is CCCC(=O)OCN1C(=O)CCC(N2Cc3cc(CC)ccc3C2=O)C1=O. The normalized spacial score (nSPS) is 19.5. The lowest BCUT2D eigenvalue weighted by atomic mass is 10.0. The fourth-order valence-electron chi connectivity index (χ4n) is 3.53. The lowest BCUT2D eigenvalue weighted by molar-refractivity contribution is -0.164. The lowest BCUT2D eigenvalue weighted by Crippen LogP contribution is -2.55. The molecular formula is C20H24N2O5. The molecule has 2 aliphatic rings. The number of hydrogen-bond donors (Lipinski definition) is 0. The molecule has 27 heavy (non-hydrogen) atoms. The molecule has 0 saturated carbocycles. The van der Waals surface area contributed by atoms with E-state index in [0.717, 1.165) is 22.4 Å². The highest BCUT2D eigenvalue weighted by molar-refractivity contribution is 6.05. The van der Waals surface area contributed by atoms with Crippen LogP contribution in [0.1, 0.15) is 61.0 Å². The molecule has 0 spiro atoms. The number of nitrogens with zero attached hydrogens (tertiary/aromatic N) is 2. The number of ether oxygens (including phenoxy) is 1. The number of carbonyl (C=O) groups excluding carboxylic acids is 4. The molecule has 7 heteroatoms. The van der Waals surface area contributed by atoms with Crippen molar-refractivity contribution in [2.24, 2.45) is 0 Å². The van der Waals surface area contributed by atoms with E-state index in [2.05, 4.69) is 0 Å². The second-order valence-electron chi connectivity index (χ2n) is 6.89. The van der Waals surface area contributed by atoms with E-state index in [1.165, 1.54) is 4.90 Å². The summed E-state index contributed by atoms with van der Waals surface area (Å²) in [5.41, 5.74) is 2.65. The van der Waals surface area contributed by atoms with Crippen LogP contribution >= 0.6 is 0 Å². The maximum absolute atomic E-state index is 12.8. The minimum absolute atomic E-state index is 0.141. The number of esters is 1. The zero-order chi connectivity index (χ0) is 19.6. The Labute approximate surface area is 158 Å². The molecule has 2 heterocycles. The smallest absolute Gasteiger partial charge is 0.307 e. The molecule has 1 aromatic rings. The van der Waals surface area contributed by atoms with Crippen molar-refractivity contribution in [3.63, 3.8) is 0 Å². The van der Waals surface area contributed by atoms with Crippen molar-refractivity contribution in [1.29, 1.82) is 0 Å².